The van der Waals surface area contributed by atoms with Crippen LogP contribution in [0.25, 0.3) is 22.2 Å². The SMILES string of the molecule is Fc1ccc(-c2cc3c[c]ccc3[nH]2)c(F)c1. The minimum absolute atomic E-state index is 0.364. The fourth-order valence-electron chi connectivity index (χ4n) is 1.87. The average molecular weight is 228 g/mol. The molecule has 0 unspecified atom stereocenters. The van der Waals surface area contributed by atoms with Crippen LogP contribution in [0.1, 0.15) is 0 Å². The molecule has 1 aromatic heterocycles. The lowest BCUT2D eigenvalue weighted by Gasteiger charge is -1.99. The van der Waals surface area contributed by atoms with Gasteiger partial charge in [-0.1, -0.05) is 6.07 Å². The number of hydrogen-bond donors (Lipinski definition) is 1. The second kappa shape index (κ2) is 3.70. The van der Waals surface area contributed by atoms with Crippen LogP contribution in [0.2, 0.25) is 0 Å². The molecule has 3 aromatic rings. The Bertz CT molecular complexity index is 653. The van der Waals surface area contributed by atoms with E-state index >= 15 is 0 Å². The van der Waals surface area contributed by atoms with Crippen LogP contribution in [0, 0.1) is 17.7 Å². The zero-order chi connectivity index (χ0) is 11.8. The van der Waals surface area contributed by atoms with Gasteiger partial charge in [0.1, 0.15) is 11.6 Å². The van der Waals surface area contributed by atoms with Crippen molar-refractivity contribution >= 4 is 10.9 Å². The highest BCUT2D eigenvalue weighted by Crippen LogP contribution is 2.26. The van der Waals surface area contributed by atoms with E-state index in [0.29, 0.717) is 11.3 Å². The molecule has 83 valence electrons. The molecule has 0 saturated heterocycles. The van der Waals surface area contributed by atoms with E-state index in [4.69, 9.17) is 0 Å². The molecule has 1 heterocycles. The van der Waals surface area contributed by atoms with Gasteiger partial charge in [0.25, 0.3) is 0 Å². The summed E-state index contributed by atoms with van der Waals surface area (Å²) in [5.74, 6) is -1.14. The van der Waals surface area contributed by atoms with Gasteiger partial charge in [-0.15, -0.1) is 0 Å². The molecule has 17 heavy (non-hydrogen) atoms. The summed E-state index contributed by atoms with van der Waals surface area (Å²) in [7, 11) is 0. The van der Waals surface area contributed by atoms with Crippen LogP contribution < -0.4 is 0 Å². The smallest absolute Gasteiger partial charge is 0.135 e. The molecule has 0 amide bonds. The summed E-state index contributed by atoms with van der Waals surface area (Å²) in [6, 6.07) is 13.8. The van der Waals surface area contributed by atoms with E-state index in [9.17, 15) is 8.78 Å². The number of benzene rings is 2. The van der Waals surface area contributed by atoms with Crippen molar-refractivity contribution in [1.82, 2.24) is 4.98 Å². The van der Waals surface area contributed by atoms with E-state index in [1.165, 1.54) is 12.1 Å². The number of H-pyrrole nitrogens is 1. The van der Waals surface area contributed by atoms with Crippen molar-refractivity contribution in [3.8, 4) is 11.3 Å². The highest BCUT2D eigenvalue weighted by molar-refractivity contribution is 5.85. The van der Waals surface area contributed by atoms with Crippen molar-refractivity contribution in [2.75, 3.05) is 0 Å². The molecule has 1 N–H and O–H groups in total. The lowest BCUT2D eigenvalue weighted by Crippen LogP contribution is -1.85. The summed E-state index contributed by atoms with van der Waals surface area (Å²) in [5.41, 5.74) is 1.90. The summed E-state index contributed by atoms with van der Waals surface area (Å²) in [6.07, 6.45) is 0. The molecule has 1 nitrogen and oxygen atoms in total. The van der Waals surface area contributed by atoms with Crippen molar-refractivity contribution in [3.63, 3.8) is 0 Å². The number of nitrogens with one attached hydrogen (secondary N) is 1. The van der Waals surface area contributed by atoms with E-state index in [2.05, 4.69) is 11.1 Å². The van der Waals surface area contributed by atoms with Gasteiger partial charge in [-0.05, 0) is 36.4 Å². The molecule has 1 radical (unpaired) electrons. The summed E-state index contributed by atoms with van der Waals surface area (Å²) in [4.78, 5) is 3.09. The standard InChI is InChI=1S/C14H8F2N/c15-10-5-6-11(12(16)8-10)14-7-9-3-1-2-4-13(9)17-14/h2-8,17H. The largest absolute Gasteiger partial charge is 0.354 e. The third-order valence-electron chi connectivity index (χ3n) is 2.69. The predicted octanol–water partition coefficient (Wildman–Crippen LogP) is 3.91. The summed E-state index contributed by atoms with van der Waals surface area (Å²) in [6.45, 7) is 0. The lowest BCUT2D eigenvalue weighted by atomic mass is 10.1. The Hall–Kier alpha value is -2.16. The van der Waals surface area contributed by atoms with Crippen LogP contribution in [0.5, 0.6) is 0 Å². The topological polar surface area (TPSA) is 15.8 Å². The maximum atomic E-state index is 13.6. The minimum Gasteiger partial charge on any atom is -0.354 e. The highest BCUT2D eigenvalue weighted by Gasteiger charge is 2.08. The van der Waals surface area contributed by atoms with Gasteiger partial charge in [0, 0.05) is 28.2 Å². The van der Waals surface area contributed by atoms with Gasteiger partial charge in [-0.25, -0.2) is 8.78 Å². The maximum absolute atomic E-state index is 13.6. The molecule has 0 aliphatic heterocycles. The lowest BCUT2D eigenvalue weighted by molar-refractivity contribution is 0.585. The zero-order valence-electron chi connectivity index (χ0n) is 8.80. The molecule has 0 fully saturated rings. The highest BCUT2D eigenvalue weighted by atomic mass is 19.1. The van der Waals surface area contributed by atoms with Crippen LogP contribution in [-0.4, -0.2) is 4.98 Å². The average Bonchev–Trinajstić information content (AvgIpc) is 2.72. The first kappa shape index (κ1) is 10.0. The van der Waals surface area contributed by atoms with Gasteiger partial charge in [0.15, 0.2) is 0 Å². The van der Waals surface area contributed by atoms with Gasteiger partial charge in [0.05, 0.1) is 0 Å². The molecule has 2 aromatic carbocycles. The summed E-state index contributed by atoms with van der Waals surface area (Å²) >= 11 is 0. The first-order valence-electron chi connectivity index (χ1n) is 5.18. The van der Waals surface area contributed by atoms with Crippen molar-refractivity contribution in [2.24, 2.45) is 0 Å². The second-order valence-corrected chi connectivity index (χ2v) is 3.82. The fraction of sp³-hybridized carbons (Fsp3) is 0. The predicted molar refractivity (Wildman–Crippen MR) is 62.5 cm³/mol. The van der Waals surface area contributed by atoms with Crippen molar-refractivity contribution in [3.05, 3.63) is 60.2 Å². The Morgan fingerprint density at radius 3 is 2.71 bits per heavy atom. The Labute approximate surface area is 96.7 Å². The Balaban J connectivity index is 2.20. The van der Waals surface area contributed by atoms with Crippen LogP contribution in [0.3, 0.4) is 0 Å². The van der Waals surface area contributed by atoms with Crippen LogP contribution in [0.4, 0.5) is 8.78 Å². The quantitative estimate of drug-likeness (QED) is 0.649. The monoisotopic (exact) mass is 228 g/mol. The molecule has 0 aliphatic rings. The van der Waals surface area contributed by atoms with Gasteiger partial charge < -0.3 is 4.98 Å². The molecular formula is C14H8F2N. The molecule has 3 heteroatoms. The van der Waals surface area contributed by atoms with Gasteiger partial charge >= 0.3 is 0 Å². The first-order valence-corrected chi connectivity index (χ1v) is 5.18. The van der Waals surface area contributed by atoms with Gasteiger partial charge in [0.2, 0.25) is 0 Å². The van der Waals surface area contributed by atoms with Crippen LogP contribution >= 0.6 is 0 Å². The molecule has 0 bridgehead atoms. The van der Waals surface area contributed by atoms with Crippen molar-refractivity contribution < 1.29 is 8.78 Å². The summed E-state index contributed by atoms with van der Waals surface area (Å²) < 4.78 is 26.4. The molecule has 0 aliphatic carbocycles. The van der Waals surface area contributed by atoms with E-state index < -0.39 is 11.6 Å². The Morgan fingerprint density at radius 2 is 1.94 bits per heavy atom. The third kappa shape index (κ3) is 1.69. The second-order valence-electron chi connectivity index (χ2n) is 3.82. The number of aromatic nitrogens is 1. The first-order chi connectivity index (χ1) is 8.24. The number of rotatable bonds is 1. The van der Waals surface area contributed by atoms with E-state index in [1.807, 2.05) is 18.2 Å². The Morgan fingerprint density at radius 1 is 1.06 bits per heavy atom. The zero-order valence-corrected chi connectivity index (χ0v) is 8.80. The molecule has 0 saturated carbocycles. The molecule has 3 rings (SSSR count). The fourth-order valence-corrected chi connectivity index (χ4v) is 1.87. The Kier molecular flexibility index (Phi) is 2.18. The number of fused-ring (bicyclic) bond motifs is 1. The molecule has 0 spiro atoms. The number of aromatic amines is 1. The number of halogens is 2. The van der Waals surface area contributed by atoms with Crippen molar-refractivity contribution in [1.29, 1.82) is 0 Å². The number of hydrogen-bond acceptors (Lipinski definition) is 0. The molecule has 0 atom stereocenters. The molecular weight excluding hydrogens is 220 g/mol. The van der Waals surface area contributed by atoms with E-state index in [0.717, 1.165) is 17.0 Å². The normalized spacial score (nSPS) is 10.9. The summed E-state index contributed by atoms with van der Waals surface area (Å²) in [5, 5.41) is 0.950. The minimum atomic E-state index is -0.573. The van der Waals surface area contributed by atoms with Crippen LogP contribution in [0.15, 0.2) is 42.5 Å². The van der Waals surface area contributed by atoms with Gasteiger partial charge in [-0.2, -0.15) is 0 Å². The van der Waals surface area contributed by atoms with Crippen LogP contribution in [-0.2, 0) is 0 Å². The van der Waals surface area contributed by atoms with Crippen molar-refractivity contribution in [2.45, 2.75) is 0 Å². The van der Waals surface area contributed by atoms with E-state index in [-0.39, 0.29) is 0 Å². The van der Waals surface area contributed by atoms with E-state index in [1.54, 1.807) is 6.07 Å². The maximum Gasteiger partial charge on any atom is 0.135 e. The van der Waals surface area contributed by atoms with Gasteiger partial charge in [-0.3, -0.25) is 0 Å². The third-order valence-corrected chi connectivity index (χ3v) is 2.69.